The first-order chi connectivity index (χ1) is 11.6. The molecule has 0 spiro atoms. The number of ether oxygens (including phenoxy) is 1. The maximum atomic E-state index is 12.7. The maximum absolute atomic E-state index is 12.7. The van der Waals surface area contributed by atoms with Gasteiger partial charge >= 0.3 is 0 Å². The number of rotatable bonds is 3. The van der Waals surface area contributed by atoms with E-state index in [1.807, 2.05) is 31.3 Å². The van der Waals surface area contributed by atoms with Gasteiger partial charge in [0.1, 0.15) is 11.4 Å². The number of benzene rings is 1. The van der Waals surface area contributed by atoms with Crippen LogP contribution in [0.4, 0.5) is 0 Å². The Morgan fingerprint density at radius 2 is 1.96 bits per heavy atom. The van der Waals surface area contributed by atoms with Gasteiger partial charge in [0.25, 0.3) is 5.91 Å². The molecule has 1 aromatic carbocycles. The van der Waals surface area contributed by atoms with Gasteiger partial charge in [0.2, 0.25) is 5.56 Å². The van der Waals surface area contributed by atoms with Crippen molar-refractivity contribution in [2.75, 3.05) is 33.8 Å². The number of nitrogens with zero attached hydrogens (tertiary/aromatic N) is 2. The van der Waals surface area contributed by atoms with Gasteiger partial charge in [-0.25, -0.2) is 0 Å². The van der Waals surface area contributed by atoms with Gasteiger partial charge in [0.15, 0.2) is 0 Å². The first kappa shape index (κ1) is 16.3. The molecule has 6 heteroatoms. The van der Waals surface area contributed by atoms with Crippen LogP contribution in [0, 0.1) is 0 Å². The Morgan fingerprint density at radius 3 is 2.71 bits per heavy atom. The molecule has 1 aliphatic rings. The van der Waals surface area contributed by atoms with Crippen LogP contribution >= 0.6 is 0 Å². The average molecular weight is 327 g/mol. The Balaban J connectivity index is 1.85. The number of H-pyrrole nitrogens is 1. The van der Waals surface area contributed by atoms with Gasteiger partial charge in [-0.15, -0.1) is 0 Å². The quantitative estimate of drug-likeness (QED) is 0.928. The van der Waals surface area contributed by atoms with E-state index >= 15 is 0 Å². The Labute approximate surface area is 140 Å². The van der Waals surface area contributed by atoms with Gasteiger partial charge in [0, 0.05) is 31.3 Å². The Kier molecular flexibility index (Phi) is 4.66. The first-order valence-electron chi connectivity index (χ1n) is 7.92. The van der Waals surface area contributed by atoms with Crippen LogP contribution in [0.5, 0.6) is 5.75 Å². The van der Waals surface area contributed by atoms with Crippen molar-refractivity contribution in [2.24, 2.45) is 0 Å². The van der Waals surface area contributed by atoms with Crippen molar-refractivity contribution in [1.82, 2.24) is 14.8 Å². The minimum Gasteiger partial charge on any atom is -0.496 e. The number of pyridine rings is 1. The molecule has 0 bridgehead atoms. The monoisotopic (exact) mass is 327 g/mol. The molecule has 1 aromatic heterocycles. The highest BCUT2D eigenvalue weighted by atomic mass is 16.5. The second-order valence-electron chi connectivity index (χ2n) is 5.92. The summed E-state index contributed by atoms with van der Waals surface area (Å²) in [6.45, 7) is 1.93. The molecule has 1 N–H and O–H groups in total. The molecule has 126 valence electrons. The first-order valence-corrected chi connectivity index (χ1v) is 7.92. The van der Waals surface area contributed by atoms with Crippen LogP contribution in [0.3, 0.4) is 0 Å². The molecular weight excluding hydrogens is 306 g/mol. The summed E-state index contributed by atoms with van der Waals surface area (Å²) in [5.74, 6) is 0.664. The van der Waals surface area contributed by atoms with Crippen LogP contribution in [0.2, 0.25) is 0 Å². The molecule has 1 amide bonds. The van der Waals surface area contributed by atoms with E-state index in [1.165, 1.54) is 6.07 Å². The van der Waals surface area contributed by atoms with Gasteiger partial charge in [0.05, 0.1) is 13.2 Å². The summed E-state index contributed by atoms with van der Waals surface area (Å²) in [6.07, 6.45) is 0. The number of para-hydroxylation sites is 1. The van der Waals surface area contributed by atoms with Crippen LogP contribution < -0.4 is 10.3 Å². The van der Waals surface area contributed by atoms with Gasteiger partial charge in [-0.1, -0.05) is 24.3 Å². The number of piperazine rings is 1. The van der Waals surface area contributed by atoms with E-state index in [4.69, 9.17) is 4.74 Å². The van der Waals surface area contributed by atoms with Crippen molar-refractivity contribution in [3.8, 4) is 5.75 Å². The molecule has 0 unspecified atom stereocenters. The number of carbonyl (C=O) groups is 1. The van der Waals surface area contributed by atoms with Crippen molar-refractivity contribution in [1.29, 1.82) is 0 Å². The van der Waals surface area contributed by atoms with Crippen LogP contribution in [-0.4, -0.2) is 54.5 Å². The normalized spacial score (nSPS) is 18.4. The fourth-order valence-corrected chi connectivity index (χ4v) is 3.08. The zero-order valence-electron chi connectivity index (χ0n) is 13.9. The average Bonchev–Trinajstić information content (AvgIpc) is 2.61. The largest absolute Gasteiger partial charge is 0.496 e. The molecule has 0 aliphatic carbocycles. The van der Waals surface area contributed by atoms with Crippen LogP contribution in [-0.2, 0) is 0 Å². The molecule has 6 nitrogen and oxygen atoms in total. The third kappa shape index (κ3) is 3.19. The third-order valence-corrected chi connectivity index (χ3v) is 4.43. The van der Waals surface area contributed by atoms with Crippen LogP contribution in [0.1, 0.15) is 22.1 Å². The molecule has 24 heavy (non-hydrogen) atoms. The maximum Gasteiger partial charge on any atom is 0.270 e. The van der Waals surface area contributed by atoms with E-state index in [0.29, 0.717) is 18.8 Å². The summed E-state index contributed by atoms with van der Waals surface area (Å²) in [5.41, 5.74) is 1.11. The van der Waals surface area contributed by atoms with E-state index < -0.39 is 0 Å². The molecule has 1 aliphatic heterocycles. The number of aromatic amines is 1. The number of nitrogens with one attached hydrogen (secondary N) is 1. The molecule has 1 fully saturated rings. The number of hydrogen-bond acceptors (Lipinski definition) is 4. The van der Waals surface area contributed by atoms with E-state index in [1.54, 1.807) is 24.1 Å². The summed E-state index contributed by atoms with van der Waals surface area (Å²) < 4.78 is 5.47. The Bertz CT molecular complexity index is 787. The minimum absolute atomic E-state index is 0.0503. The zero-order valence-corrected chi connectivity index (χ0v) is 13.9. The van der Waals surface area contributed by atoms with Gasteiger partial charge in [-0.05, 0) is 19.2 Å². The van der Waals surface area contributed by atoms with Crippen molar-refractivity contribution >= 4 is 5.91 Å². The standard InChI is InChI=1S/C18H21N3O3/c1-20-10-11-21(18(23)14-7-5-9-17(22)19-14)12-15(20)13-6-3-4-8-16(13)24-2/h3-9,15H,10-12H2,1-2H3,(H,19,22)/t15-/m1/s1. The number of methoxy groups -OCH3 is 1. The predicted octanol–water partition coefficient (Wildman–Crippen LogP) is 1.51. The molecule has 1 saturated heterocycles. The number of likely N-dealkylation sites (N-methyl/N-ethyl adjacent to an activating group) is 1. The SMILES string of the molecule is COc1ccccc1[C@H]1CN(C(=O)c2cccc(=O)[nH]2)CCN1C. The van der Waals surface area contributed by atoms with Crippen molar-refractivity contribution < 1.29 is 9.53 Å². The van der Waals surface area contributed by atoms with Crippen LogP contribution in [0.25, 0.3) is 0 Å². The summed E-state index contributed by atoms with van der Waals surface area (Å²) in [6, 6.07) is 12.5. The fraction of sp³-hybridized carbons (Fsp3) is 0.333. The fourth-order valence-electron chi connectivity index (χ4n) is 3.08. The minimum atomic E-state index is -0.267. The lowest BCUT2D eigenvalue weighted by Crippen LogP contribution is -2.49. The molecular formula is C18H21N3O3. The van der Waals surface area contributed by atoms with E-state index in [0.717, 1.165) is 17.9 Å². The van der Waals surface area contributed by atoms with Gasteiger partial charge in [-0.2, -0.15) is 0 Å². The predicted molar refractivity (Wildman–Crippen MR) is 91.3 cm³/mol. The van der Waals surface area contributed by atoms with E-state index in [9.17, 15) is 9.59 Å². The highest BCUT2D eigenvalue weighted by Crippen LogP contribution is 2.31. The summed E-state index contributed by atoms with van der Waals surface area (Å²) >= 11 is 0. The van der Waals surface area contributed by atoms with Crippen molar-refractivity contribution in [3.63, 3.8) is 0 Å². The van der Waals surface area contributed by atoms with Crippen LogP contribution in [0.15, 0.2) is 47.3 Å². The smallest absolute Gasteiger partial charge is 0.270 e. The highest BCUT2D eigenvalue weighted by Gasteiger charge is 2.30. The zero-order chi connectivity index (χ0) is 17.1. The molecule has 0 saturated carbocycles. The lowest BCUT2D eigenvalue weighted by Gasteiger charge is -2.40. The number of hydrogen-bond donors (Lipinski definition) is 1. The van der Waals surface area contributed by atoms with Gasteiger partial charge < -0.3 is 14.6 Å². The summed E-state index contributed by atoms with van der Waals surface area (Å²) in [5, 5.41) is 0. The Morgan fingerprint density at radius 1 is 1.17 bits per heavy atom. The third-order valence-electron chi connectivity index (χ3n) is 4.43. The lowest BCUT2D eigenvalue weighted by atomic mass is 10.0. The topological polar surface area (TPSA) is 65.6 Å². The molecule has 0 radical (unpaired) electrons. The van der Waals surface area contributed by atoms with E-state index in [-0.39, 0.29) is 17.5 Å². The summed E-state index contributed by atoms with van der Waals surface area (Å²) in [4.78, 5) is 30.7. The molecule has 2 aromatic rings. The lowest BCUT2D eigenvalue weighted by molar-refractivity contribution is 0.0536. The van der Waals surface area contributed by atoms with Crippen molar-refractivity contribution in [2.45, 2.75) is 6.04 Å². The molecule has 2 heterocycles. The number of carbonyl (C=O) groups excluding carboxylic acids is 1. The molecule has 3 rings (SSSR count). The second-order valence-corrected chi connectivity index (χ2v) is 5.92. The van der Waals surface area contributed by atoms with Crippen molar-refractivity contribution in [3.05, 3.63) is 64.1 Å². The second kappa shape index (κ2) is 6.88. The van der Waals surface area contributed by atoms with E-state index in [2.05, 4.69) is 9.88 Å². The summed E-state index contributed by atoms with van der Waals surface area (Å²) in [7, 11) is 3.70. The number of aromatic nitrogens is 1. The highest BCUT2D eigenvalue weighted by molar-refractivity contribution is 5.92. The Hall–Kier alpha value is -2.60. The number of amides is 1. The molecule has 1 atom stereocenters. The van der Waals surface area contributed by atoms with Gasteiger partial charge in [-0.3, -0.25) is 14.5 Å².